The van der Waals surface area contributed by atoms with E-state index in [1.54, 1.807) is 0 Å². The van der Waals surface area contributed by atoms with Gasteiger partial charge in [0.15, 0.2) is 5.96 Å². The summed E-state index contributed by atoms with van der Waals surface area (Å²) in [5.41, 5.74) is 0.799. The van der Waals surface area contributed by atoms with E-state index in [1.165, 1.54) is 0 Å². The standard InChI is InChI=1S/C20H35N3O3/c1-6-21-20(22-11-8-12-25-15(2)3)23-14-19(24)17-9-7-10-18(13-17)26-16(4)5/h7,9-10,13,15-16,19,24H,6,8,11-12,14H2,1-5H3,(H2,21,22,23). The summed E-state index contributed by atoms with van der Waals surface area (Å²) in [6.45, 7) is 12.6. The van der Waals surface area contributed by atoms with Crippen molar-refractivity contribution in [1.29, 1.82) is 0 Å². The van der Waals surface area contributed by atoms with E-state index in [1.807, 2.05) is 58.9 Å². The minimum atomic E-state index is -0.676. The Morgan fingerprint density at radius 3 is 2.58 bits per heavy atom. The van der Waals surface area contributed by atoms with E-state index in [2.05, 4.69) is 15.6 Å². The molecule has 1 aromatic rings. The number of nitrogens with one attached hydrogen (secondary N) is 2. The molecule has 1 rings (SSSR count). The topological polar surface area (TPSA) is 75.1 Å². The molecule has 0 aromatic heterocycles. The van der Waals surface area contributed by atoms with Crippen LogP contribution in [0.2, 0.25) is 0 Å². The van der Waals surface area contributed by atoms with Crippen molar-refractivity contribution in [2.45, 2.75) is 59.4 Å². The van der Waals surface area contributed by atoms with Crippen LogP contribution in [0.5, 0.6) is 5.75 Å². The highest BCUT2D eigenvalue weighted by Gasteiger charge is 2.09. The van der Waals surface area contributed by atoms with Gasteiger partial charge >= 0.3 is 0 Å². The molecule has 0 amide bonds. The molecule has 1 unspecified atom stereocenters. The van der Waals surface area contributed by atoms with Crippen molar-refractivity contribution in [2.24, 2.45) is 4.99 Å². The van der Waals surface area contributed by atoms with Gasteiger partial charge in [-0.15, -0.1) is 0 Å². The molecule has 1 atom stereocenters. The largest absolute Gasteiger partial charge is 0.491 e. The van der Waals surface area contributed by atoms with Gasteiger partial charge in [-0.3, -0.25) is 4.99 Å². The SMILES string of the molecule is CCNC(=NCC(O)c1cccc(OC(C)C)c1)NCCCOC(C)C. The quantitative estimate of drug-likeness (QED) is 0.319. The van der Waals surface area contributed by atoms with Gasteiger partial charge in [0.2, 0.25) is 0 Å². The molecule has 0 fully saturated rings. The fourth-order valence-electron chi connectivity index (χ4n) is 2.29. The Kier molecular flexibility index (Phi) is 10.7. The number of aliphatic imine (C=N–C) groups is 1. The molecule has 26 heavy (non-hydrogen) atoms. The van der Waals surface area contributed by atoms with Gasteiger partial charge in [-0.2, -0.15) is 0 Å². The molecule has 0 radical (unpaired) electrons. The van der Waals surface area contributed by atoms with Crippen LogP contribution in [-0.2, 0) is 4.74 Å². The van der Waals surface area contributed by atoms with Crippen LogP contribution in [0.1, 0.15) is 52.7 Å². The number of aliphatic hydroxyl groups excluding tert-OH is 1. The van der Waals surface area contributed by atoms with Crippen LogP contribution >= 0.6 is 0 Å². The minimum Gasteiger partial charge on any atom is -0.491 e. The van der Waals surface area contributed by atoms with Crippen molar-refractivity contribution >= 4 is 5.96 Å². The van der Waals surface area contributed by atoms with Gasteiger partial charge in [-0.25, -0.2) is 0 Å². The Morgan fingerprint density at radius 2 is 1.92 bits per heavy atom. The maximum atomic E-state index is 10.4. The predicted octanol–water partition coefficient (Wildman–Crippen LogP) is 2.88. The van der Waals surface area contributed by atoms with Crippen molar-refractivity contribution in [2.75, 3.05) is 26.2 Å². The van der Waals surface area contributed by atoms with Crippen LogP contribution in [0.3, 0.4) is 0 Å². The molecule has 1 aromatic carbocycles. The van der Waals surface area contributed by atoms with E-state index in [0.717, 1.165) is 37.4 Å². The Hall–Kier alpha value is -1.79. The fourth-order valence-corrected chi connectivity index (χ4v) is 2.29. The number of rotatable bonds is 11. The Balaban J connectivity index is 2.54. The van der Waals surface area contributed by atoms with E-state index in [0.29, 0.717) is 5.96 Å². The second-order valence-electron chi connectivity index (χ2n) is 6.67. The maximum absolute atomic E-state index is 10.4. The van der Waals surface area contributed by atoms with Gasteiger partial charge < -0.3 is 25.2 Å². The summed E-state index contributed by atoms with van der Waals surface area (Å²) < 4.78 is 11.2. The van der Waals surface area contributed by atoms with E-state index in [9.17, 15) is 5.11 Å². The molecule has 6 heteroatoms. The molecular weight excluding hydrogens is 330 g/mol. The number of aliphatic hydroxyl groups is 1. The Labute approximate surface area is 158 Å². The van der Waals surface area contributed by atoms with Crippen molar-refractivity contribution in [3.05, 3.63) is 29.8 Å². The molecule has 0 heterocycles. The second kappa shape index (κ2) is 12.5. The molecule has 0 aliphatic rings. The van der Waals surface area contributed by atoms with Crippen molar-refractivity contribution in [3.8, 4) is 5.75 Å². The normalized spacial score (nSPS) is 13.2. The zero-order valence-corrected chi connectivity index (χ0v) is 16.8. The van der Waals surface area contributed by atoms with Crippen LogP contribution in [0.15, 0.2) is 29.3 Å². The van der Waals surface area contributed by atoms with Gasteiger partial charge in [0, 0.05) is 19.7 Å². The maximum Gasteiger partial charge on any atom is 0.191 e. The molecule has 3 N–H and O–H groups in total. The van der Waals surface area contributed by atoms with Crippen LogP contribution in [0.25, 0.3) is 0 Å². The van der Waals surface area contributed by atoms with Gasteiger partial charge in [-0.05, 0) is 58.7 Å². The predicted molar refractivity (Wildman–Crippen MR) is 107 cm³/mol. The first-order valence-corrected chi connectivity index (χ1v) is 9.50. The second-order valence-corrected chi connectivity index (χ2v) is 6.67. The van der Waals surface area contributed by atoms with Crippen LogP contribution < -0.4 is 15.4 Å². The number of ether oxygens (including phenoxy) is 2. The van der Waals surface area contributed by atoms with Crippen LogP contribution in [-0.4, -0.2) is 49.5 Å². The van der Waals surface area contributed by atoms with E-state index in [4.69, 9.17) is 9.47 Å². The van der Waals surface area contributed by atoms with E-state index in [-0.39, 0.29) is 18.8 Å². The lowest BCUT2D eigenvalue weighted by atomic mass is 10.1. The van der Waals surface area contributed by atoms with Crippen molar-refractivity contribution in [1.82, 2.24) is 10.6 Å². The van der Waals surface area contributed by atoms with Gasteiger partial charge in [0.05, 0.1) is 24.9 Å². The van der Waals surface area contributed by atoms with Crippen LogP contribution in [0.4, 0.5) is 0 Å². The molecule has 0 aliphatic heterocycles. The number of nitrogens with zero attached hydrogens (tertiary/aromatic N) is 1. The third-order valence-corrected chi connectivity index (χ3v) is 3.45. The lowest BCUT2D eigenvalue weighted by Gasteiger charge is -2.15. The molecule has 0 saturated carbocycles. The van der Waals surface area contributed by atoms with E-state index >= 15 is 0 Å². The summed E-state index contributed by atoms with van der Waals surface area (Å²) in [6.07, 6.45) is 0.581. The molecule has 148 valence electrons. The first-order chi connectivity index (χ1) is 12.4. The monoisotopic (exact) mass is 365 g/mol. The highest BCUT2D eigenvalue weighted by atomic mass is 16.5. The molecule has 0 saturated heterocycles. The summed E-state index contributed by atoms with van der Waals surface area (Å²) in [4.78, 5) is 4.48. The zero-order valence-electron chi connectivity index (χ0n) is 16.8. The minimum absolute atomic E-state index is 0.102. The number of guanidine groups is 1. The molecular formula is C20H35N3O3. The summed E-state index contributed by atoms with van der Waals surface area (Å²) >= 11 is 0. The third kappa shape index (κ3) is 9.63. The number of benzene rings is 1. The van der Waals surface area contributed by atoms with Gasteiger partial charge in [0.25, 0.3) is 0 Å². The first kappa shape index (κ1) is 22.3. The van der Waals surface area contributed by atoms with Gasteiger partial charge in [-0.1, -0.05) is 12.1 Å². The fraction of sp³-hybridized carbons (Fsp3) is 0.650. The van der Waals surface area contributed by atoms with Crippen molar-refractivity contribution < 1.29 is 14.6 Å². The number of hydrogen-bond donors (Lipinski definition) is 3. The molecule has 0 bridgehead atoms. The van der Waals surface area contributed by atoms with Gasteiger partial charge in [0.1, 0.15) is 5.75 Å². The smallest absolute Gasteiger partial charge is 0.191 e. The average Bonchev–Trinajstić information content (AvgIpc) is 2.58. The van der Waals surface area contributed by atoms with E-state index < -0.39 is 6.10 Å². The molecule has 6 nitrogen and oxygen atoms in total. The Bertz CT molecular complexity index is 533. The highest BCUT2D eigenvalue weighted by molar-refractivity contribution is 5.79. The zero-order chi connectivity index (χ0) is 19.4. The van der Waals surface area contributed by atoms with Crippen LogP contribution in [0, 0.1) is 0 Å². The first-order valence-electron chi connectivity index (χ1n) is 9.50. The lowest BCUT2D eigenvalue weighted by molar-refractivity contribution is 0.0776. The summed E-state index contributed by atoms with van der Waals surface area (Å²) in [5.74, 6) is 1.46. The summed E-state index contributed by atoms with van der Waals surface area (Å²) in [6, 6.07) is 7.53. The highest BCUT2D eigenvalue weighted by Crippen LogP contribution is 2.20. The lowest BCUT2D eigenvalue weighted by Crippen LogP contribution is -2.38. The molecule has 0 spiro atoms. The summed E-state index contributed by atoms with van der Waals surface area (Å²) in [7, 11) is 0. The third-order valence-electron chi connectivity index (χ3n) is 3.45. The average molecular weight is 366 g/mol. The Morgan fingerprint density at radius 1 is 1.15 bits per heavy atom. The van der Waals surface area contributed by atoms with Crippen molar-refractivity contribution in [3.63, 3.8) is 0 Å². The summed E-state index contributed by atoms with van der Waals surface area (Å²) in [5, 5.41) is 16.9. The molecule has 0 aliphatic carbocycles. The number of hydrogen-bond acceptors (Lipinski definition) is 4.